The van der Waals surface area contributed by atoms with Crippen LogP contribution in [0.1, 0.15) is 53.3 Å². The van der Waals surface area contributed by atoms with Gasteiger partial charge in [0.1, 0.15) is 6.04 Å². The summed E-state index contributed by atoms with van der Waals surface area (Å²) < 4.78 is 3.84. The molecule has 2 amide bonds. The summed E-state index contributed by atoms with van der Waals surface area (Å²) in [5.41, 5.74) is 2.71. The fourth-order valence-corrected chi connectivity index (χ4v) is 4.30. The summed E-state index contributed by atoms with van der Waals surface area (Å²) in [7, 11) is 0. The number of amides is 2. The Labute approximate surface area is 180 Å². The van der Waals surface area contributed by atoms with Crippen LogP contribution in [0.4, 0.5) is 5.69 Å². The van der Waals surface area contributed by atoms with Crippen LogP contribution >= 0.6 is 11.5 Å². The molecule has 2 aromatic carbocycles. The Morgan fingerprint density at radius 2 is 1.77 bits per heavy atom. The van der Waals surface area contributed by atoms with E-state index in [1.807, 2.05) is 61.5 Å². The number of aryl methyl sites for hydroxylation is 1. The first-order valence-electron chi connectivity index (χ1n) is 10.2. The van der Waals surface area contributed by atoms with E-state index >= 15 is 0 Å². The van der Waals surface area contributed by atoms with E-state index in [-0.39, 0.29) is 23.6 Å². The van der Waals surface area contributed by atoms with Crippen molar-refractivity contribution in [1.82, 2.24) is 14.9 Å². The second-order valence-corrected chi connectivity index (χ2v) is 8.21. The van der Waals surface area contributed by atoms with Gasteiger partial charge in [-0.15, -0.1) is 5.10 Å². The van der Waals surface area contributed by atoms with E-state index in [2.05, 4.69) is 14.9 Å². The first-order chi connectivity index (χ1) is 14.6. The third kappa shape index (κ3) is 4.41. The zero-order chi connectivity index (χ0) is 20.9. The van der Waals surface area contributed by atoms with Crippen LogP contribution in [0.25, 0.3) is 0 Å². The summed E-state index contributed by atoms with van der Waals surface area (Å²) in [5, 5.41) is 8.75. The molecule has 0 spiro atoms. The Morgan fingerprint density at radius 1 is 1.07 bits per heavy atom. The van der Waals surface area contributed by atoms with E-state index in [1.165, 1.54) is 4.90 Å². The maximum atomic E-state index is 13.5. The van der Waals surface area contributed by atoms with Crippen LogP contribution in [0.15, 0.2) is 60.0 Å². The predicted octanol–water partition coefficient (Wildman–Crippen LogP) is 4.29. The summed E-state index contributed by atoms with van der Waals surface area (Å²) in [5.74, 6) is -0.520. The van der Waals surface area contributed by atoms with Crippen molar-refractivity contribution in [2.45, 2.75) is 44.7 Å². The number of hydrogen-bond donors (Lipinski definition) is 1. The first-order valence-corrected chi connectivity index (χ1v) is 11.0. The molecule has 3 aromatic rings. The largest absolute Gasteiger partial charge is 0.351 e. The van der Waals surface area contributed by atoms with Gasteiger partial charge in [0.05, 0.1) is 0 Å². The topological polar surface area (TPSA) is 75.2 Å². The van der Waals surface area contributed by atoms with Gasteiger partial charge < -0.3 is 5.32 Å². The van der Waals surface area contributed by atoms with E-state index in [0.29, 0.717) is 5.69 Å². The van der Waals surface area contributed by atoms with Gasteiger partial charge >= 0.3 is 0 Å². The molecule has 6 nitrogen and oxygen atoms in total. The van der Waals surface area contributed by atoms with E-state index in [9.17, 15) is 9.59 Å². The molecule has 1 saturated carbocycles. The summed E-state index contributed by atoms with van der Waals surface area (Å²) >= 11 is 1.12. The second-order valence-electron chi connectivity index (χ2n) is 7.60. The fraction of sp³-hybridized carbons (Fsp3) is 0.304. The monoisotopic (exact) mass is 420 g/mol. The lowest BCUT2D eigenvalue weighted by Crippen LogP contribution is -2.46. The first kappa shape index (κ1) is 20.2. The number of hydrogen-bond acceptors (Lipinski definition) is 5. The average Bonchev–Trinajstić information content (AvgIpc) is 3.47. The summed E-state index contributed by atoms with van der Waals surface area (Å²) in [6.07, 6.45) is 4.18. The molecule has 1 fully saturated rings. The van der Waals surface area contributed by atoms with Crippen molar-refractivity contribution in [2.24, 2.45) is 0 Å². The Kier molecular flexibility index (Phi) is 6.18. The Hall–Kier alpha value is -3.06. The molecule has 1 unspecified atom stereocenters. The normalized spacial score (nSPS) is 15.0. The van der Waals surface area contributed by atoms with Crippen molar-refractivity contribution in [1.29, 1.82) is 0 Å². The Balaban J connectivity index is 1.78. The van der Waals surface area contributed by atoms with Crippen molar-refractivity contribution in [3.05, 3.63) is 76.8 Å². The van der Waals surface area contributed by atoms with Crippen LogP contribution in [0.3, 0.4) is 0 Å². The highest BCUT2D eigenvalue weighted by molar-refractivity contribution is 7.03. The molecular formula is C23H24N4O2S. The fourth-order valence-electron chi connectivity index (χ4n) is 3.87. The molecule has 1 aliphatic rings. The van der Waals surface area contributed by atoms with E-state index in [4.69, 9.17) is 0 Å². The van der Waals surface area contributed by atoms with Crippen LogP contribution in [-0.2, 0) is 4.79 Å². The van der Waals surface area contributed by atoms with Crippen molar-refractivity contribution in [2.75, 3.05) is 4.90 Å². The number of carbonyl (C=O) groups excluding carboxylic acids is 2. The van der Waals surface area contributed by atoms with Crippen molar-refractivity contribution < 1.29 is 9.59 Å². The van der Waals surface area contributed by atoms with Gasteiger partial charge in [0.15, 0.2) is 5.69 Å². The molecule has 154 valence electrons. The average molecular weight is 421 g/mol. The zero-order valence-electron chi connectivity index (χ0n) is 16.8. The van der Waals surface area contributed by atoms with Crippen LogP contribution in [-0.4, -0.2) is 27.4 Å². The number of nitrogens with zero attached hydrogens (tertiary/aromatic N) is 3. The number of carbonyl (C=O) groups is 2. The number of benzene rings is 2. The molecular weight excluding hydrogens is 396 g/mol. The molecule has 0 radical (unpaired) electrons. The molecule has 1 aromatic heterocycles. The second kappa shape index (κ2) is 9.17. The maximum absolute atomic E-state index is 13.5. The number of anilines is 1. The number of rotatable bonds is 6. The lowest BCUT2D eigenvalue weighted by Gasteiger charge is -2.32. The molecule has 1 heterocycles. The van der Waals surface area contributed by atoms with E-state index in [0.717, 1.165) is 48.3 Å². The molecule has 0 aliphatic heterocycles. The quantitative estimate of drug-likeness (QED) is 0.645. The molecule has 1 aliphatic carbocycles. The SMILES string of the molecule is Cc1ccc(N(C(=O)c2csnn2)C(C(=O)NC2CCCC2)c2ccccc2)cc1. The van der Waals surface area contributed by atoms with Crippen molar-refractivity contribution in [3.63, 3.8) is 0 Å². The molecule has 1 N–H and O–H groups in total. The predicted molar refractivity (Wildman–Crippen MR) is 117 cm³/mol. The Morgan fingerprint density at radius 3 is 2.40 bits per heavy atom. The van der Waals surface area contributed by atoms with Crippen LogP contribution < -0.4 is 10.2 Å². The third-order valence-corrected chi connectivity index (χ3v) is 5.94. The maximum Gasteiger partial charge on any atom is 0.280 e. The number of nitrogens with one attached hydrogen (secondary N) is 1. The highest BCUT2D eigenvalue weighted by Gasteiger charge is 2.35. The van der Waals surface area contributed by atoms with Crippen LogP contribution in [0, 0.1) is 6.92 Å². The summed E-state index contributed by atoms with van der Waals surface area (Å²) in [4.78, 5) is 28.6. The van der Waals surface area contributed by atoms with Gasteiger partial charge in [-0.05, 0) is 49.0 Å². The van der Waals surface area contributed by atoms with Gasteiger partial charge in [-0.2, -0.15) is 0 Å². The minimum Gasteiger partial charge on any atom is -0.351 e. The summed E-state index contributed by atoms with van der Waals surface area (Å²) in [6.45, 7) is 1.99. The molecule has 0 saturated heterocycles. The lowest BCUT2D eigenvalue weighted by atomic mass is 10.0. The van der Waals surface area contributed by atoms with Gasteiger partial charge in [-0.3, -0.25) is 14.5 Å². The van der Waals surface area contributed by atoms with Crippen molar-refractivity contribution >= 4 is 29.0 Å². The molecule has 0 bridgehead atoms. The lowest BCUT2D eigenvalue weighted by molar-refractivity contribution is -0.123. The smallest absolute Gasteiger partial charge is 0.280 e. The Bertz CT molecular complexity index is 984. The third-order valence-electron chi connectivity index (χ3n) is 5.43. The highest BCUT2D eigenvalue weighted by Crippen LogP contribution is 2.30. The molecule has 4 rings (SSSR count). The van der Waals surface area contributed by atoms with Crippen molar-refractivity contribution in [3.8, 4) is 0 Å². The van der Waals surface area contributed by atoms with Gasteiger partial charge in [0.2, 0.25) is 5.91 Å². The zero-order valence-corrected chi connectivity index (χ0v) is 17.6. The molecule has 30 heavy (non-hydrogen) atoms. The van der Waals surface area contributed by atoms with E-state index in [1.54, 1.807) is 5.38 Å². The van der Waals surface area contributed by atoms with Gasteiger partial charge in [0, 0.05) is 17.1 Å². The van der Waals surface area contributed by atoms with E-state index < -0.39 is 6.04 Å². The van der Waals surface area contributed by atoms with Gasteiger partial charge in [0.25, 0.3) is 5.91 Å². The molecule has 7 heteroatoms. The van der Waals surface area contributed by atoms with Gasteiger partial charge in [-0.1, -0.05) is 65.4 Å². The van der Waals surface area contributed by atoms with Crippen LogP contribution in [0.2, 0.25) is 0 Å². The summed E-state index contributed by atoms with van der Waals surface area (Å²) in [6, 6.07) is 16.4. The van der Waals surface area contributed by atoms with Gasteiger partial charge in [-0.25, -0.2) is 0 Å². The van der Waals surface area contributed by atoms with Crippen LogP contribution in [0.5, 0.6) is 0 Å². The number of aromatic nitrogens is 2. The minimum absolute atomic E-state index is 0.152. The minimum atomic E-state index is -0.802. The highest BCUT2D eigenvalue weighted by atomic mass is 32.1. The standard InChI is InChI=1S/C23H24N4O2S/c1-16-11-13-19(14-12-16)27(23(29)20-15-30-26-25-20)21(17-7-3-2-4-8-17)22(28)24-18-9-5-6-10-18/h2-4,7-8,11-15,18,21H,5-6,9-10H2,1H3,(H,24,28). The molecule has 1 atom stereocenters.